The van der Waals surface area contributed by atoms with Crippen molar-refractivity contribution in [2.24, 2.45) is 0 Å². The molecule has 0 spiro atoms. The number of hydrogen-bond acceptors (Lipinski definition) is 5. The van der Waals surface area contributed by atoms with E-state index < -0.39 is 23.8 Å². The van der Waals surface area contributed by atoms with Crippen molar-refractivity contribution >= 4 is 29.2 Å². The summed E-state index contributed by atoms with van der Waals surface area (Å²) >= 11 is 6.25. The Hall–Kier alpha value is -2.53. The highest BCUT2D eigenvalue weighted by Gasteiger charge is 2.38. The van der Waals surface area contributed by atoms with Crippen LogP contribution in [0, 0.1) is 0 Å². The molecule has 8 nitrogen and oxygen atoms in total. The van der Waals surface area contributed by atoms with E-state index in [0.717, 1.165) is 23.3 Å². The average Bonchev–Trinajstić information content (AvgIpc) is 3.40. The second-order valence-corrected chi connectivity index (χ2v) is 8.37. The lowest BCUT2D eigenvalue weighted by Gasteiger charge is -2.29. The van der Waals surface area contributed by atoms with Gasteiger partial charge in [0.05, 0.1) is 18.2 Å². The van der Waals surface area contributed by atoms with Crippen LogP contribution in [0.2, 0.25) is 5.15 Å². The fourth-order valence-corrected chi connectivity index (χ4v) is 4.01. The summed E-state index contributed by atoms with van der Waals surface area (Å²) in [5, 5.41) is 12.1. The molecule has 1 aliphatic carbocycles. The number of likely N-dealkylation sites (tertiary alicyclic amines) is 1. The van der Waals surface area contributed by atoms with Crippen LogP contribution < -0.4 is 5.32 Å². The van der Waals surface area contributed by atoms with E-state index in [9.17, 15) is 27.9 Å². The maximum atomic E-state index is 13.5. The molecule has 0 aromatic carbocycles. The Morgan fingerprint density at radius 1 is 1.31 bits per heavy atom. The van der Waals surface area contributed by atoms with E-state index in [1.165, 1.54) is 4.90 Å². The maximum absolute atomic E-state index is 13.5. The standard InChI is InChI=1S/C17H17ClF3N3O2.C3H5NO2/c18-14-13(16(26)23-5-1-2-11(25)8-23)22-15-12(17(19,20)21)6-10(7-24(14)15)9-3-4-9;5-3-4-1-2-6-3/h6-7,9,11,25H,1-5,8H2;1-2H2,(H,4,5). The number of amides is 2. The number of imidazole rings is 1. The number of fused-ring (bicyclic) bond motifs is 1. The number of aromatic nitrogens is 2. The van der Waals surface area contributed by atoms with Gasteiger partial charge in [0.2, 0.25) is 0 Å². The number of nitrogens with zero attached hydrogens (tertiary/aromatic N) is 3. The minimum Gasteiger partial charge on any atom is -0.448 e. The molecule has 4 heterocycles. The predicted molar refractivity (Wildman–Crippen MR) is 108 cm³/mol. The normalized spacial score (nSPS) is 21.1. The first-order chi connectivity index (χ1) is 15.1. The van der Waals surface area contributed by atoms with Crippen LogP contribution in [0.5, 0.6) is 0 Å². The van der Waals surface area contributed by atoms with Gasteiger partial charge in [-0.15, -0.1) is 0 Å². The van der Waals surface area contributed by atoms with Gasteiger partial charge in [0.25, 0.3) is 5.91 Å². The number of cyclic esters (lactones) is 1. The van der Waals surface area contributed by atoms with Crippen molar-refractivity contribution in [1.29, 1.82) is 0 Å². The Bertz CT molecular complexity index is 1030. The minimum absolute atomic E-state index is 0.0929. The van der Waals surface area contributed by atoms with Crippen molar-refractivity contribution in [1.82, 2.24) is 19.6 Å². The maximum Gasteiger partial charge on any atom is 0.419 e. The van der Waals surface area contributed by atoms with E-state index in [0.29, 0.717) is 38.1 Å². The van der Waals surface area contributed by atoms with Gasteiger partial charge in [-0.25, -0.2) is 9.78 Å². The Labute approximate surface area is 186 Å². The summed E-state index contributed by atoms with van der Waals surface area (Å²) in [7, 11) is 0. The zero-order valence-electron chi connectivity index (χ0n) is 17.0. The van der Waals surface area contributed by atoms with Crippen LogP contribution in [0.25, 0.3) is 5.65 Å². The number of carbonyl (C=O) groups excluding carboxylic acids is 2. The summed E-state index contributed by atoms with van der Waals surface area (Å²) in [6.45, 7) is 1.74. The average molecular weight is 475 g/mol. The number of rotatable bonds is 2. The number of pyridine rings is 1. The van der Waals surface area contributed by atoms with Crippen molar-refractivity contribution in [3.8, 4) is 0 Å². The number of halogens is 4. The van der Waals surface area contributed by atoms with E-state index in [1.54, 1.807) is 6.20 Å². The molecular weight excluding hydrogens is 453 g/mol. The molecule has 2 aliphatic heterocycles. The summed E-state index contributed by atoms with van der Waals surface area (Å²) < 4.78 is 46.1. The summed E-state index contributed by atoms with van der Waals surface area (Å²) in [5.74, 6) is -0.464. The van der Waals surface area contributed by atoms with Crippen molar-refractivity contribution in [3.63, 3.8) is 0 Å². The minimum atomic E-state index is -4.59. The molecule has 0 bridgehead atoms. The van der Waals surface area contributed by atoms with Gasteiger partial charge in [0, 0.05) is 19.3 Å². The summed E-state index contributed by atoms with van der Waals surface area (Å²) in [4.78, 5) is 27.9. The zero-order valence-corrected chi connectivity index (χ0v) is 17.7. The van der Waals surface area contributed by atoms with Gasteiger partial charge in [0.1, 0.15) is 11.8 Å². The molecule has 32 heavy (non-hydrogen) atoms. The number of aliphatic hydroxyl groups is 1. The van der Waals surface area contributed by atoms with Crippen LogP contribution in [0.3, 0.4) is 0 Å². The Kier molecular flexibility index (Phi) is 6.22. The number of ether oxygens (including phenoxy) is 1. The predicted octanol–water partition coefficient (Wildman–Crippen LogP) is 3.21. The van der Waals surface area contributed by atoms with Crippen molar-refractivity contribution in [2.45, 2.75) is 43.9 Å². The third kappa shape index (κ3) is 4.78. The number of nitrogens with one attached hydrogen (secondary N) is 1. The van der Waals surface area contributed by atoms with E-state index in [1.807, 2.05) is 0 Å². The van der Waals surface area contributed by atoms with Crippen molar-refractivity contribution in [3.05, 3.63) is 34.2 Å². The molecule has 3 fully saturated rings. The molecule has 3 aliphatic rings. The first-order valence-electron chi connectivity index (χ1n) is 10.3. The highest BCUT2D eigenvalue weighted by molar-refractivity contribution is 6.33. The van der Waals surface area contributed by atoms with Gasteiger partial charge in [-0.2, -0.15) is 13.2 Å². The summed E-state index contributed by atoms with van der Waals surface area (Å²) in [5.41, 5.74) is -0.912. The molecular formula is C20H22ClF3N4O4. The third-order valence-corrected chi connectivity index (χ3v) is 5.89. The number of β-amino-alcohol motifs (C(OH)–C–C–N with tert-alkyl or cyclic N) is 1. The lowest BCUT2D eigenvalue weighted by atomic mass is 10.1. The van der Waals surface area contributed by atoms with Crippen LogP contribution in [0.15, 0.2) is 12.3 Å². The molecule has 2 saturated heterocycles. The van der Waals surface area contributed by atoms with E-state index in [2.05, 4.69) is 15.0 Å². The molecule has 2 N–H and O–H groups in total. The quantitative estimate of drug-likeness (QED) is 0.697. The van der Waals surface area contributed by atoms with Gasteiger partial charge < -0.3 is 20.1 Å². The largest absolute Gasteiger partial charge is 0.448 e. The number of aliphatic hydroxyl groups excluding tert-OH is 1. The van der Waals surface area contributed by atoms with E-state index in [4.69, 9.17) is 11.6 Å². The molecule has 1 unspecified atom stereocenters. The molecule has 5 rings (SSSR count). The first-order valence-corrected chi connectivity index (χ1v) is 10.7. The van der Waals surface area contributed by atoms with Gasteiger partial charge in [-0.3, -0.25) is 9.20 Å². The highest BCUT2D eigenvalue weighted by atomic mass is 35.5. The van der Waals surface area contributed by atoms with Gasteiger partial charge in [-0.05, 0) is 43.2 Å². The van der Waals surface area contributed by atoms with E-state index >= 15 is 0 Å². The molecule has 2 amide bonds. The van der Waals surface area contributed by atoms with Crippen LogP contribution in [-0.2, 0) is 10.9 Å². The van der Waals surface area contributed by atoms with Gasteiger partial charge in [0.15, 0.2) is 11.3 Å². The molecule has 1 saturated carbocycles. The molecule has 2 aromatic heterocycles. The smallest absolute Gasteiger partial charge is 0.419 e. The van der Waals surface area contributed by atoms with Crippen LogP contribution in [-0.4, -0.2) is 63.7 Å². The number of hydrogen-bond donors (Lipinski definition) is 2. The van der Waals surface area contributed by atoms with E-state index in [-0.39, 0.29) is 35.1 Å². The number of alkyl carbamates (subject to hydrolysis) is 1. The van der Waals surface area contributed by atoms with Crippen molar-refractivity contribution < 1.29 is 32.6 Å². The highest BCUT2D eigenvalue weighted by Crippen LogP contribution is 2.43. The second-order valence-electron chi connectivity index (χ2n) is 8.01. The van der Waals surface area contributed by atoms with Gasteiger partial charge in [-0.1, -0.05) is 11.6 Å². The first kappa shape index (κ1) is 22.7. The Morgan fingerprint density at radius 2 is 2.06 bits per heavy atom. The topological polar surface area (TPSA) is 96.2 Å². The van der Waals surface area contributed by atoms with Crippen molar-refractivity contribution in [2.75, 3.05) is 26.2 Å². The summed E-state index contributed by atoms with van der Waals surface area (Å²) in [6, 6.07) is 1.11. The molecule has 2 aromatic rings. The lowest BCUT2D eigenvalue weighted by molar-refractivity contribution is -0.136. The number of carbonyl (C=O) groups is 2. The number of alkyl halides is 3. The molecule has 1 atom stereocenters. The molecule has 0 radical (unpaired) electrons. The zero-order chi connectivity index (χ0) is 23.0. The SMILES string of the molecule is O=C(c1nc2c(C(F)(F)F)cc(C3CC3)cn2c1Cl)N1CCCC(O)C1.O=C1NCCO1. The monoisotopic (exact) mass is 474 g/mol. The molecule has 174 valence electrons. The lowest BCUT2D eigenvalue weighted by Crippen LogP contribution is -2.42. The Balaban J connectivity index is 0.000000354. The number of piperidine rings is 1. The molecule has 12 heteroatoms. The van der Waals surface area contributed by atoms with Crippen LogP contribution in [0.1, 0.15) is 53.2 Å². The fourth-order valence-electron chi connectivity index (χ4n) is 3.76. The fraction of sp³-hybridized carbons (Fsp3) is 0.550. The second kappa shape index (κ2) is 8.78. The van der Waals surface area contributed by atoms with Crippen LogP contribution in [0.4, 0.5) is 18.0 Å². The third-order valence-electron chi connectivity index (χ3n) is 5.53. The Morgan fingerprint density at radius 3 is 2.59 bits per heavy atom. The summed E-state index contributed by atoms with van der Waals surface area (Å²) in [6.07, 6.45) is -1.10. The van der Waals surface area contributed by atoms with Gasteiger partial charge >= 0.3 is 12.3 Å². The van der Waals surface area contributed by atoms with Crippen LogP contribution >= 0.6 is 11.6 Å².